The summed E-state index contributed by atoms with van der Waals surface area (Å²) in [6.45, 7) is 4.96. The second-order valence-electron chi connectivity index (χ2n) is 10.7. The number of H-pyrrole nitrogens is 1. The summed E-state index contributed by atoms with van der Waals surface area (Å²) in [4.78, 5) is 12.6. The van der Waals surface area contributed by atoms with Crippen LogP contribution in [0.4, 0.5) is 0 Å². The number of nitrogens with zero attached hydrogens (tertiary/aromatic N) is 3. The summed E-state index contributed by atoms with van der Waals surface area (Å²) >= 11 is 0. The third-order valence-corrected chi connectivity index (χ3v) is 7.29. The average Bonchev–Trinajstić information content (AvgIpc) is 3.65. The number of nitrogens with one attached hydrogen (secondary N) is 2. The van der Waals surface area contributed by atoms with E-state index >= 15 is 0 Å². The molecule has 0 atom stereocenters. The number of fused-ring (bicyclic) bond motifs is 1. The third kappa shape index (κ3) is 5.71. The van der Waals surface area contributed by atoms with Gasteiger partial charge in [0.15, 0.2) is 34.1 Å². The fourth-order valence-electron chi connectivity index (χ4n) is 4.95. The van der Waals surface area contributed by atoms with Crippen LogP contribution < -0.4 is 29.2 Å². The van der Waals surface area contributed by atoms with Gasteiger partial charge in [-0.1, -0.05) is 6.07 Å². The third-order valence-electron chi connectivity index (χ3n) is 7.29. The lowest BCUT2D eigenvalue weighted by atomic mass is 9.94. The van der Waals surface area contributed by atoms with E-state index in [9.17, 15) is 0 Å². The van der Waals surface area contributed by atoms with Crippen molar-refractivity contribution in [1.82, 2.24) is 19.5 Å². The van der Waals surface area contributed by atoms with Crippen molar-refractivity contribution in [2.45, 2.75) is 57.6 Å². The number of aromatic amines is 1. The molecule has 2 aromatic heterocycles. The van der Waals surface area contributed by atoms with Crippen LogP contribution in [0.25, 0.3) is 11.2 Å². The van der Waals surface area contributed by atoms with E-state index in [4.69, 9.17) is 34.1 Å². The maximum absolute atomic E-state index is 8.40. The average molecular weight is 548 g/mol. The van der Waals surface area contributed by atoms with Crippen molar-refractivity contribution >= 4 is 11.2 Å². The zero-order valence-corrected chi connectivity index (χ0v) is 23.7. The number of imidazole rings is 1. The van der Waals surface area contributed by atoms with Crippen molar-refractivity contribution in [2.24, 2.45) is 0 Å². The van der Waals surface area contributed by atoms with Crippen LogP contribution in [-0.4, -0.2) is 53.6 Å². The molecule has 0 radical (unpaired) electrons. The molecule has 40 heavy (non-hydrogen) atoms. The highest BCUT2D eigenvalue weighted by Gasteiger charge is 2.27. The van der Waals surface area contributed by atoms with Crippen molar-refractivity contribution < 1.29 is 23.7 Å². The van der Waals surface area contributed by atoms with Gasteiger partial charge in [0.05, 0.1) is 45.7 Å². The SMILES string of the molecule is COc1ccc(OCC(C)(C)c2nc3c([nH]2)c(=N)ncn3Cc2ccc(OC)c(OC3CCCC3)c2)cc1OC. The Kier molecular flexibility index (Phi) is 7.86. The van der Waals surface area contributed by atoms with Gasteiger partial charge in [-0.15, -0.1) is 0 Å². The molecule has 4 aromatic rings. The van der Waals surface area contributed by atoms with Gasteiger partial charge in [0, 0.05) is 6.07 Å². The normalized spacial score (nSPS) is 13.9. The van der Waals surface area contributed by atoms with Gasteiger partial charge >= 0.3 is 0 Å². The zero-order chi connectivity index (χ0) is 28.3. The molecule has 2 aromatic carbocycles. The smallest absolute Gasteiger partial charge is 0.173 e. The predicted octanol–water partition coefficient (Wildman–Crippen LogP) is 4.99. The molecular formula is C30H37N5O5. The molecule has 1 fully saturated rings. The molecule has 10 heteroatoms. The molecule has 0 aliphatic heterocycles. The maximum atomic E-state index is 8.40. The number of ether oxygens (including phenoxy) is 5. The lowest BCUT2D eigenvalue weighted by Gasteiger charge is -2.22. The molecule has 0 bridgehead atoms. The zero-order valence-electron chi connectivity index (χ0n) is 23.7. The topological polar surface area (TPSA) is 117 Å². The summed E-state index contributed by atoms with van der Waals surface area (Å²) in [6, 6.07) is 11.4. The van der Waals surface area contributed by atoms with Crippen molar-refractivity contribution in [3.05, 3.63) is 59.6 Å². The Morgan fingerprint density at radius 3 is 2.38 bits per heavy atom. The van der Waals surface area contributed by atoms with E-state index in [1.165, 1.54) is 12.8 Å². The van der Waals surface area contributed by atoms with E-state index in [2.05, 4.69) is 9.97 Å². The number of hydrogen-bond acceptors (Lipinski definition) is 8. The first kappa shape index (κ1) is 27.4. The highest BCUT2D eigenvalue weighted by atomic mass is 16.5. The number of rotatable bonds is 11. The number of benzene rings is 2. The fourth-order valence-corrected chi connectivity index (χ4v) is 4.95. The summed E-state index contributed by atoms with van der Waals surface area (Å²) in [5, 5.41) is 8.40. The van der Waals surface area contributed by atoms with Crippen molar-refractivity contribution in [3.63, 3.8) is 0 Å². The molecule has 0 saturated heterocycles. The summed E-state index contributed by atoms with van der Waals surface area (Å²) in [5.41, 5.74) is 1.91. The van der Waals surface area contributed by atoms with Crippen LogP contribution in [0.2, 0.25) is 0 Å². The predicted molar refractivity (Wildman–Crippen MR) is 151 cm³/mol. The Morgan fingerprint density at radius 1 is 0.950 bits per heavy atom. The molecule has 2 heterocycles. The maximum Gasteiger partial charge on any atom is 0.173 e. The van der Waals surface area contributed by atoms with Crippen LogP contribution in [0.3, 0.4) is 0 Å². The van der Waals surface area contributed by atoms with E-state index < -0.39 is 5.41 Å². The van der Waals surface area contributed by atoms with Crippen LogP contribution >= 0.6 is 0 Å². The van der Waals surface area contributed by atoms with Gasteiger partial charge < -0.3 is 33.2 Å². The summed E-state index contributed by atoms with van der Waals surface area (Å²) in [6.07, 6.45) is 6.42. The lowest BCUT2D eigenvalue weighted by Crippen LogP contribution is -2.27. The minimum atomic E-state index is -0.487. The lowest BCUT2D eigenvalue weighted by molar-refractivity contribution is 0.200. The van der Waals surface area contributed by atoms with Crippen LogP contribution in [0.5, 0.6) is 28.7 Å². The first-order chi connectivity index (χ1) is 19.3. The molecule has 1 aliphatic carbocycles. The summed E-state index contributed by atoms with van der Waals surface area (Å²) in [5.74, 6) is 4.09. The molecule has 10 nitrogen and oxygen atoms in total. The van der Waals surface area contributed by atoms with E-state index in [0.717, 1.165) is 29.9 Å². The van der Waals surface area contributed by atoms with Gasteiger partial charge in [-0.2, -0.15) is 0 Å². The molecule has 0 amide bonds. The Bertz CT molecular complexity index is 1540. The van der Waals surface area contributed by atoms with Gasteiger partial charge in [-0.25, -0.2) is 9.97 Å². The molecular weight excluding hydrogens is 510 g/mol. The first-order valence-electron chi connectivity index (χ1n) is 13.5. The van der Waals surface area contributed by atoms with E-state index in [0.29, 0.717) is 47.4 Å². The molecule has 0 spiro atoms. The van der Waals surface area contributed by atoms with Crippen molar-refractivity contribution in [1.29, 1.82) is 5.41 Å². The molecule has 1 saturated carbocycles. The Hall–Kier alpha value is -4.21. The standard InChI is InChI=1S/C30H37N5O5/c1-30(2,17-39-21-11-13-22(36-3)24(15-21)38-5)29-33-26-27(31)32-18-35(28(26)34-29)16-19-10-12-23(37-4)25(14-19)40-20-8-6-7-9-20/h10-15,18,20,31H,6-9,16-17H2,1-5H3,(H,33,34). The van der Waals surface area contributed by atoms with E-state index in [1.54, 1.807) is 33.7 Å². The van der Waals surface area contributed by atoms with Crippen LogP contribution in [0.1, 0.15) is 50.9 Å². The Balaban J connectivity index is 1.38. The quantitative estimate of drug-likeness (QED) is 0.272. The fraction of sp³-hybridized carbons (Fsp3) is 0.433. The molecule has 5 rings (SSSR count). The van der Waals surface area contributed by atoms with Gasteiger partial charge in [0.1, 0.15) is 23.7 Å². The number of methoxy groups -OCH3 is 3. The highest BCUT2D eigenvalue weighted by molar-refractivity contribution is 5.69. The molecule has 212 valence electrons. The number of aromatic nitrogens is 4. The van der Waals surface area contributed by atoms with Gasteiger partial charge in [0.2, 0.25) is 0 Å². The summed E-state index contributed by atoms with van der Waals surface area (Å²) in [7, 11) is 4.85. The van der Waals surface area contributed by atoms with Gasteiger partial charge in [-0.3, -0.25) is 5.41 Å². The number of hydrogen-bond donors (Lipinski definition) is 2. The monoisotopic (exact) mass is 547 g/mol. The summed E-state index contributed by atoms with van der Waals surface area (Å²) < 4.78 is 30.6. The largest absolute Gasteiger partial charge is 0.493 e. The highest BCUT2D eigenvalue weighted by Crippen LogP contribution is 2.34. The van der Waals surface area contributed by atoms with Crippen LogP contribution in [0.15, 0.2) is 42.7 Å². The van der Waals surface area contributed by atoms with Gasteiger partial charge in [0.25, 0.3) is 0 Å². The van der Waals surface area contributed by atoms with Crippen LogP contribution in [0, 0.1) is 5.41 Å². The van der Waals surface area contributed by atoms with Gasteiger partial charge in [-0.05, 0) is 69.4 Å². The van der Waals surface area contributed by atoms with Crippen LogP contribution in [-0.2, 0) is 12.0 Å². The molecule has 2 N–H and O–H groups in total. The minimum Gasteiger partial charge on any atom is -0.493 e. The second kappa shape index (κ2) is 11.5. The molecule has 0 unspecified atom stereocenters. The van der Waals surface area contributed by atoms with E-state index in [-0.39, 0.29) is 11.6 Å². The Morgan fingerprint density at radius 2 is 1.65 bits per heavy atom. The second-order valence-corrected chi connectivity index (χ2v) is 10.7. The molecule has 1 aliphatic rings. The Labute approximate surface area is 233 Å². The van der Waals surface area contributed by atoms with Crippen molar-refractivity contribution in [2.75, 3.05) is 27.9 Å². The van der Waals surface area contributed by atoms with E-state index in [1.807, 2.05) is 48.7 Å². The minimum absolute atomic E-state index is 0.140. The first-order valence-corrected chi connectivity index (χ1v) is 13.5. The van der Waals surface area contributed by atoms with Crippen molar-refractivity contribution in [3.8, 4) is 28.7 Å².